The molecule has 0 radical (unpaired) electrons. The highest BCUT2D eigenvalue weighted by molar-refractivity contribution is 7.89. The van der Waals surface area contributed by atoms with Gasteiger partial charge in [-0.25, -0.2) is 12.8 Å². The summed E-state index contributed by atoms with van der Waals surface area (Å²) in [7, 11) is -4.08. The van der Waals surface area contributed by atoms with Gasteiger partial charge in [-0.2, -0.15) is 9.98 Å². The summed E-state index contributed by atoms with van der Waals surface area (Å²) in [6.45, 7) is 2.59. The molecule has 2 rings (SSSR count). The lowest BCUT2D eigenvalue weighted by Crippen LogP contribution is -2.42. The first-order valence-electron chi connectivity index (χ1n) is 8.42. The maximum atomic E-state index is 12.9. The van der Waals surface area contributed by atoms with Gasteiger partial charge in [0.15, 0.2) is 6.10 Å². The topological polar surface area (TPSA) is 125 Å². The van der Waals surface area contributed by atoms with Crippen molar-refractivity contribution >= 4 is 27.6 Å². The van der Waals surface area contributed by atoms with Crippen molar-refractivity contribution < 1.29 is 27.1 Å². The molecular weight excluding hydrogens is 401 g/mol. The van der Waals surface area contributed by atoms with E-state index in [1.54, 1.807) is 0 Å². The molecule has 1 amide bonds. The highest BCUT2D eigenvalue weighted by Crippen LogP contribution is 2.12. The van der Waals surface area contributed by atoms with Crippen LogP contribution >= 0.6 is 0 Å². The van der Waals surface area contributed by atoms with Gasteiger partial charge in [0.2, 0.25) is 10.0 Å². The summed E-state index contributed by atoms with van der Waals surface area (Å²) in [4.78, 5) is 24.1. The van der Waals surface area contributed by atoms with Crippen molar-refractivity contribution in [2.75, 3.05) is 5.32 Å². The summed E-state index contributed by atoms with van der Waals surface area (Å²) in [5, 5.41) is 11.3. The average molecular weight is 419 g/mol. The van der Waals surface area contributed by atoms with Gasteiger partial charge in [0.05, 0.1) is 16.5 Å². The van der Waals surface area contributed by atoms with Gasteiger partial charge < -0.3 is 10.1 Å². The lowest BCUT2D eigenvalue weighted by Gasteiger charge is -2.17. The number of sulfonamides is 1. The Bertz CT molecular complexity index is 1030. The fraction of sp³-hybridized carbons (Fsp3) is 0.211. The van der Waals surface area contributed by atoms with E-state index in [0.29, 0.717) is 11.3 Å². The van der Waals surface area contributed by atoms with Crippen LogP contribution in [0.5, 0.6) is 0 Å². The molecule has 0 fully saturated rings. The third-order valence-electron chi connectivity index (χ3n) is 3.75. The number of amides is 1. The Morgan fingerprint density at radius 2 is 1.66 bits per heavy atom. The second kappa shape index (κ2) is 9.27. The van der Waals surface area contributed by atoms with Crippen LogP contribution in [0.1, 0.15) is 19.4 Å². The number of carbonyl (C=O) groups excluding carboxylic acids is 2. The molecule has 2 unspecified atom stereocenters. The summed E-state index contributed by atoms with van der Waals surface area (Å²) in [5.41, 5.74) is 0.826. The number of nitrogens with zero attached hydrogens (tertiary/aromatic N) is 1. The van der Waals surface area contributed by atoms with Crippen LogP contribution in [0.15, 0.2) is 53.4 Å². The molecular formula is C19H18FN3O5S. The first kappa shape index (κ1) is 22.0. The number of hydrogen-bond acceptors (Lipinski definition) is 6. The highest BCUT2D eigenvalue weighted by Gasteiger charge is 2.26. The molecule has 0 aliphatic heterocycles. The second-order valence-corrected chi connectivity index (χ2v) is 7.77. The number of carbonyl (C=O) groups is 2. The summed E-state index contributed by atoms with van der Waals surface area (Å²) in [6.07, 6.45) is -1.20. The van der Waals surface area contributed by atoms with Crippen molar-refractivity contribution in [3.63, 3.8) is 0 Å². The van der Waals surface area contributed by atoms with E-state index in [9.17, 15) is 22.4 Å². The van der Waals surface area contributed by atoms with E-state index >= 15 is 0 Å². The fourth-order valence-corrected chi connectivity index (χ4v) is 3.36. The summed E-state index contributed by atoms with van der Waals surface area (Å²) >= 11 is 0. The molecule has 8 nitrogen and oxygen atoms in total. The number of ether oxygens (including phenoxy) is 1. The van der Waals surface area contributed by atoms with Gasteiger partial charge in [0.25, 0.3) is 5.91 Å². The number of rotatable bonds is 7. The number of nitriles is 1. The molecule has 2 atom stereocenters. The molecule has 0 bridgehead atoms. The molecule has 152 valence electrons. The molecule has 2 N–H and O–H groups in total. The molecule has 0 aliphatic rings. The number of benzene rings is 2. The highest BCUT2D eigenvalue weighted by atomic mass is 32.2. The van der Waals surface area contributed by atoms with E-state index in [-0.39, 0.29) is 4.90 Å². The predicted molar refractivity (Wildman–Crippen MR) is 102 cm³/mol. The second-order valence-electron chi connectivity index (χ2n) is 6.05. The Hall–Kier alpha value is -3.29. The van der Waals surface area contributed by atoms with E-state index in [2.05, 4.69) is 10.0 Å². The monoisotopic (exact) mass is 419 g/mol. The minimum Gasteiger partial charge on any atom is -0.451 e. The average Bonchev–Trinajstić information content (AvgIpc) is 2.68. The summed E-state index contributed by atoms with van der Waals surface area (Å²) < 4.78 is 44.5. The summed E-state index contributed by atoms with van der Waals surface area (Å²) in [6, 6.07) is 10.8. The van der Waals surface area contributed by atoms with Crippen molar-refractivity contribution in [1.29, 1.82) is 5.26 Å². The van der Waals surface area contributed by atoms with Gasteiger partial charge in [-0.3, -0.25) is 9.59 Å². The van der Waals surface area contributed by atoms with E-state index in [1.807, 2.05) is 6.07 Å². The van der Waals surface area contributed by atoms with E-state index in [4.69, 9.17) is 10.00 Å². The number of nitrogens with one attached hydrogen (secondary N) is 2. The quantitative estimate of drug-likeness (QED) is 0.661. The van der Waals surface area contributed by atoms with E-state index < -0.39 is 39.9 Å². The van der Waals surface area contributed by atoms with Crippen LogP contribution < -0.4 is 10.0 Å². The SMILES string of the molecule is CC(NS(=O)(=O)c1ccc(F)cc1)C(=O)OC(C)C(=O)Nc1ccc(C#N)cc1. The minimum absolute atomic E-state index is 0.217. The molecule has 2 aromatic carbocycles. The number of hydrogen-bond donors (Lipinski definition) is 2. The van der Waals surface area contributed by atoms with Crippen LogP contribution in [0.4, 0.5) is 10.1 Å². The number of esters is 1. The maximum Gasteiger partial charge on any atom is 0.324 e. The Balaban J connectivity index is 1.94. The molecule has 0 heterocycles. The molecule has 0 aliphatic carbocycles. The van der Waals surface area contributed by atoms with Gasteiger partial charge in [-0.15, -0.1) is 0 Å². The number of halogens is 1. The molecule has 0 saturated heterocycles. The summed E-state index contributed by atoms with van der Waals surface area (Å²) in [5.74, 6) is -2.19. The van der Waals surface area contributed by atoms with Crippen LogP contribution in [0.3, 0.4) is 0 Å². The Labute approximate surface area is 167 Å². The Morgan fingerprint density at radius 3 is 2.21 bits per heavy atom. The predicted octanol–water partition coefficient (Wildman–Crippen LogP) is 1.93. The third-order valence-corrected chi connectivity index (χ3v) is 5.31. The normalized spacial score (nSPS) is 13.0. The van der Waals surface area contributed by atoms with Crippen LogP contribution in [-0.4, -0.2) is 32.4 Å². The zero-order valence-electron chi connectivity index (χ0n) is 15.5. The van der Waals surface area contributed by atoms with E-state index in [0.717, 1.165) is 24.3 Å². The fourth-order valence-electron chi connectivity index (χ4n) is 2.16. The van der Waals surface area contributed by atoms with Crippen molar-refractivity contribution in [2.45, 2.75) is 30.9 Å². The van der Waals surface area contributed by atoms with Gasteiger partial charge in [0.1, 0.15) is 11.9 Å². The van der Waals surface area contributed by atoms with Crippen molar-refractivity contribution in [3.8, 4) is 6.07 Å². The molecule has 0 spiro atoms. The molecule has 29 heavy (non-hydrogen) atoms. The molecule has 2 aromatic rings. The van der Waals surface area contributed by atoms with E-state index in [1.165, 1.54) is 38.1 Å². The minimum atomic E-state index is -4.08. The Kier molecular flexibility index (Phi) is 7.03. The lowest BCUT2D eigenvalue weighted by atomic mass is 10.2. The van der Waals surface area contributed by atoms with Crippen LogP contribution in [0.2, 0.25) is 0 Å². The maximum absolute atomic E-state index is 12.9. The smallest absolute Gasteiger partial charge is 0.324 e. The van der Waals surface area contributed by atoms with Crippen molar-refractivity contribution in [2.24, 2.45) is 0 Å². The zero-order chi connectivity index (χ0) is 21.6. The van der Waals surface area contributed by atoms with Gasteiger partial charge in [-0.05, 0) is 62.4 Å². The van der Waals surface area contributed by atoms with Crippen LogP contribution in [-0.2, 0) is 24.3 Å². The first-order chi connectivity index (χ1) is 13.6. The van der Waals surface area contributed by atoms with Gasteiger partial charge in [-0.1, -0.05) is 0 Å². The lowest BCUT2D eigenvalue weighted by molar-refractivity contribution is -0.154. The first-order valence-corrected chi connectivity index (χ1v) is 9.90. The van der Waals surface area contributed by atoms with Crippen LogP contribution in [0, 0.1) is 17.1 Å². The number of anilines is 1. The largest absolute Gasteiger partial charge is 0.451 e. The Morgan fingerprint density at radius 1 is 1.07 bits per heavy atom. The molecule has 10 heteroatoms. The zero-order valence-corrected chi connectivity index (χ0v) is 16.4. The van der Waals surface area contributed by atoms with Gasteiger partial charge in [0, 0.05) is 5.69 Å². The van der Waals surface area contributed by atoms with Crippen molar-refractivity contribution in [1.82, 2.24) is 4.72 Å². The third kappa shape index (κ3) is 6.10. The standard InChI is InChI=1S/C19H18FN3O5S/c1-12(23-29(26,27)17-9-5-15(20)6-10-17)19(25)28-13(2)18(24)22-16-7-3-14(11-21)4-8-16/h3-10,12-13,23H,1-2H3,(H,22,24). The molecule has 0 saturated carbocycles. The van der Waals surface area contributed by atoms with Crippen LogP contribution in [0.25, 0.3) is 0 Å². The van der Waals surface area contributed by atoms with Gasteiger partial charge >= 0.3 is 5.97 Å². The molecule has 0 aromatic heterocycles. The van der Waals surface area contributed by atoms with Crippen molar-refractivity contribution in [3.05, 3.63) is 59.9 Å².